The molecule has 0 rings (SSSR count). The lowest BCUT2D eigenvalue weighted by molar-refractivity contribution is 0.904. The number of rotatable bonds is 2. The highest BCUT2D eigenvalue weighted by Crippen LogP contribution is 2.20. The van der Waals surface area contributed by atoms with Crippen LogP contribution in [0.5, 0.6) is 0 Å². The first-order valence-corrected chi connectivity index (χ1v) is 3.42. The van der Waals surface area contributed by atoms with Crippen LogP contribution in [0.3, 0.4) is 0 Å². The molecule has 0 aliphatic rings. The van der Waals surface area contributed by atoms with Crippen molar-refractivity contribution in [2.24, 2.45) is 0 Å². The molecule has 0 fully saturated rings. The van der Waals surface area contributed by atoms with Crippen molar-refractivity contribution in [2.45, 2.75) is 38.7 Å². The van der Waals surface area contributed by atoms with Crippen LogP contribution in [0.1, 0.15) is 27.7 Å². The molecule has 0 saturated carbocycles. The number of hydrogen-bond acceptors (Lipinski definition) is 0. The standard InChI is InChI=1S/C6H16B2/c1-5(2)8-6(3,4)7/h5,8H,7H2,1-4H3. The Bertz CT molecular complexity index is 61.4. The zero-order valence-corrected chi connectivity index (χ0v) is 6.78. The molecule has 0 aliphatic heterocycles. The van der Waals surface area contributed by atoms with Crippen molar-refractivity contribution < 1.29 is 0 Å². The van der Waals surface area contributed by atoms with Crippen molar-refractivity contribution in [3.8, 4) is 0 Å². The van der Waals surface area contributed by atoms with E-state index in [0.717, 1.165) is 5.82 Å². The quantitative estimate of drug-likeness (QED) is 0.465. The normalized spacial score (nSPS) is 12.1. The van der Waals surface area contributed by atoms with Gasteiger partial charge in [-0.3, -0.25) is 0 Å². The summed E-state index contributed by atoms with van der Waals surface area (Å²) in [6, 6.07) is 0. The molecule has 46 valence electrons. The molecule has 0 aromatic heterocycles. The maximum Gasteiger partial charge on any atom is 0.121 e. The summed E-state index contributed by atoms with van der Waals surface area (Å²) in [5.41, 5.74) is 0. The molecule has 0 spiro atoms. The Labute approximate surface area is 54.7 Å². The van der Waals surface area contributed by atoms with Gasteiger partial charge in [0.1, 0.15) is 7.28 Å². The summed E-state index contributed by atoms with van der Waals surface area (Å²) in [6.07, 6.45) is 0. The Balaban J connectivity index is 3.39. The third kappa shape index (κ3) is 6.13. The van der Waals surface area contributed by atoms with E-state index >= 15 is 0 Å². The molecule has 0 atom stereocenters. The molecule has 0 bridgehead atoms. The van der Waals surface area contributed by atoms with Crippen LogP contribution in [0.4, 0.5) is 0 Å². The topological polar surface area (TPSA) is 0 Å². The van der Waals surface area contributed by atoms with Crippen LogP contribution in [0.15, 0.2) is 0 Å². The second kappa shape index (κ2) is 2.61. The Morgan fingerprint density at radius 3 is 1.75 bits per heavy atom. The lowest BCUT2D eigenvalue weighted by atomic mass is 9.40. The van der Waals surface area contributed by atoms with E-state index < -0.39 is 0 Å². The van der Waals surface area contributed by atoms with E-state index in [1.165, 1.54) is 7.28 Å². The maximum atomic E-state index is 2.28. The molecule has 0 aromatic rings. The number of hydrogen-bond donors (Lipinski definition) is 0. The largest absolute Gasteiger partial charge is 0.121 e. The summed E-state index contributed by atoms with van der Waals surface area (Å²) in [7, 11) is 3.61. The Morgan fingerprint density at radius 1 is 1.38 bits per heavy atom. The van der Waals surface area contributed by atoms with Crippen LogP contribution in [0.25, 0.3) is 0 Å². The smallest absolute Gasteiger partial charge is 0.0864 e. The lowest BCUT2D eigenvalue weighted by Crippen LogP contribution is -2.14. The molecule has 0 unspecified atom stereocenters. The van der Waals surface area contributed by atoms with Gasteiger partial charge in [-0.05, 0) is 0 Å². The van der Waals surface area contributed by atoms with E-state index in [1.807, 2.05) is 0 Å². The molecular formula is C6H16B2. The molecule has 0 saturated heterocycles. The predicted molar refractivity (Wildman–Crippen MR) is 44.8 cm³/mol. The van der Waals surface area contributed by atoms with Gasteiger partial charge in [0, 0.05) is 0 Å². The van der Waals surface area contributed by atoms with Crippen molar-refractivity contribution in [1.82, 2.24) is 0 Å². The van der Waals surface area contributed by atoms with Gasteiger partial charge in [-0.1, -0.05) is 38.7 Å². The lowest BCUT2D eigenvalue weighted by Gasteiger charge is -2.17. The zero-order valence-electron chi connectivity index (χ0n) is 6.78. The summed E-state index contributed by atoms with van der Waals surface area (Å²) in [4.78, 5) is 0. The highest BCUT2D eigenvalue weighted by Gasteiger charge is 2.13. The molecule has 0 amide bonds. The first-order chi connectivity index (χ1) is 3.42. The van der Waals surface area contributed by atoms with Crippen molar-refractivity contribution in [3.05, 3.63) is 0 Å². The molecule has 8 heavy (non-hydrogen) atoms. The van der Waals surface area contributed by atoms with Gasteiger partial charge in [-0.2, -0.15) is 0 Å². The van der Waals surface area contributed by atoms with Crippen LogP contribution < -0.4 is 0 Å². The molecule has 2 heteroatoms. The highest BCUT2D eigenvalue weighted by atomic mass is 13.9. The minimum Gasteiger partial charge on any atom is -0.0864 e. The van der Waals surface area contributed by atoms with Gasteiger partial charge in [-0.15, -0.1) is 0 Å². The molecular weight excluding hydrogens is 93.7 g/mol. The van der Waals surface area contributed by atoms with Crippen LogP contribution in [-0.4, -0.2) is 15.1 Å². The van der Waals surface area contributed by atoms with E-state index in [4.69, 9.17) is 0 Å². The summed E-state index contributed by atoms with van der Waals surface area (Å²) in [5.74, 6) is 0.843. The third-order valence-corrected chi connectivity index (χ3v) is 1.02. The van der Waals surface area contributed by atoms with Crippen molar-refractivity contribution in [1.29, 1.82) is 0 Å². The fraction of sp³-hybridized carbons (Fsp3) is 1.00. The minimum atomic E-state index is 0.522. The minimum absolute atomic E-state index is 0.522. The average Bonchev–Trinajstić information content (AvgIpc) is 1.21. The van der Waals surface area contributed by atoms with Crippen molar-refractivity contribution in [2.75, 3.05) is 0 Å². The summed E-state index contributed by atoms with van der Waals surface area (Å²) < 4.78 is 0. The van der Waals surface area contributed by atoms with Gasteiger partial charge in [0.25, 0.3) is 0 Å². The second-order valence-corrected chi connectivity index (χ2v) is 4.16. The summed E-state index contributed by atoms with van der Waals surface area (Å²) >= 11 is 0. The molecule has 0 N–H and O–H groups in total. The summed E-state index contributed by atoms with van der Waals surface area (Å²) in [5, 5.41) is 0.522. The van der Waals surface area contributed by atoms with Crippen LogP contribution in [0, 0.1) is 0 Å². The molecule has 0 aliphatic carbocycles. The van der Waals surface area contributed by atoms with Gasteiger partial charge in [-0.25, -0.2) is 0 Å². The monoisotopic (exact) mass is 110 g/mol. The molecule has 0 nitrogen and oxygen atoms in total. The van der Waals surface area contributed by atoms with E-state index in [9.17, 15) is 0 Å². The fourth-order valence-corrected chi connectivity index (χ4v) is 1.22. The van der Waals surface area contributed by atoms with Gasteiger partial charge in [0.2, 0.25) is 0 Å². The predicted octanol–water partition coefficient (Wildman–Crippen LogP) is 1.04. The Hall–Kier alpha value is 0.130. The second-order valence-electron chi connectivity index (χ2n) is 4.16. The van der Waals surface area contributed by atoms with Crippen LogP contribution in [0.2, 0.25) is 11.0 Å². The maximum absolute atomic E-state index is 2.28. The van der Waals surface area contributed by atoms with Crippen molar-refractivity contribution in [3.63, 3.8) is 0 Å². The fourth-order valence-electron chi connectivity index (χ4n) is 1.22. The average molecular weight is 110 g/mol. The van der Waals surface area contributed by atoms with E-state index in [-0.39, 0.29) is 0 Å². The summed E-state index contributed by atoms with van der Waals surface area (Å²) in [6.45, 7) is 9.11. The zero-order chi connectivity index (χ0) is 6.78. The van der Waals surface area contributed by atoms with Crippen LogP contribution >= 0.6 is 0 Å². The Kier molecular flexibility index (Phi) is 2.65. The SMILES string of the molecule is BC(C)(C)BC(C)C. The first-order valence-electron chi connectivity index (χ1n) is 3.42. The third-order valence-electron chi connectivity index (χ3n) is 1.02. The molecule has 0 aromatic carbocycles. The highest BCUT2D eigenvalue weighted by molar-refractivity contribution is 6.54. The van der Waals surface area contributed by atoms with E-state index in [2.05, 4.69) is 35.5 Å². The molecule has 0 heterocycles. The molecule has 0 radical (unpaired) electrons. The Morgan fingerprint density at radius 2 is 1.75 bits per heavy atom. The van der Waals surface area contributed by atoms with E-state index in [1.54, 1.807) is 0 Å². The van der Waals surface area contributed by atoms with Crippen LogP contribution in [-0.2, 0) is 0 Å². The van der Waals surface area contributed by atoms with Gasteiger partial charge in [0.15, 0.2) is 0 Å². The van der Waals surface area contributed by atoms with Gasteiger partial charge in [0.05, 0.1) is 7.85 Å². The van der Waals surface area contributed by atoms with Gasteiger partial charge >= 0.3 is 0 Å². The van der Waals surface area contributed by atoms with Crippen molar-refractivity contribution >= 4 is 15.1 Å². The first kappa shape index (κ1) is 8.13. The van der Waals surface area contributed by atoms with Gasteiger partial charge < -0.3 is 0 Å². The van der Waals surface area contributed by atoms with E-state index in [0.29, 0.717) is 5.21 Å².